The molecule has 1 amide bonds. The predicted molar refractivity (Wildman–Crippen MR) is 106 cm³/mol. The maximum Gasteiger partial charge on any atom is 0.223 e. The summed E-state index contributed by atoms with van der Waals surface area (Å²) in [6.07, 6.45) is 0.736. The van der Waals surface area contributed by atoms with E-state index in [2.05, 4.69) is 0 Å². The maximum atomic E-state index is 12.7. The molecule has 0 radical (unpaired) electrons. The standard InChI is InChI=1S/C21H26N2O3S/c1-2-22(16-18-8-4-3-5-9-18)21(24)13-15-27(25,26)23-14-12-19-10-6-7-11-20(19)17-23/h3-11H,2,12-17H2,1H3. The van der Waals surface area contributed by atoms with Crippen LogP contribution >= 0.6 is 0 Å². The van der Waals surface area contributed by atoms with E-state index >= 15 is 0 Å². The lowest BCUT2D eigenvalue weighted by Gasteiger charge is -2.28. The third-order valence-electron chi connectivity index (χ3n) is 5.01. The Labute approximate surface area is 161 Å². The molecule has 1 heterocycles. The Morgan fingerprint density at radius 3 is 2.41 bits per heavy atom. The van der Waals surface area contributed by atoms with Crippen molar-refractivity contribution in [2.75, 3.05) is 18.8 Å². The fourth-order valence-corrected chi connectivity index (χ4v) is 4.79. The number of amides is 1. The van der Waals surface area contributed by atoms with Crippen LogP contribution in [0.2, 0.25) is 0 Å². The highest BCUT2D eigenvalue weighted by molar-refractivity contribution is 7.89. The van der Waals surface area contributed by atoms with Gasteiger partial charge in [0.1, 0.15) is 0 Å². The number of fused-ring (bicyclic) bond motifs is 1. The molecule has 0 aromatic heterocycles. The summed E-state index contributed by atoms with van der Waals surface area (Å²) in [6.45, 7) is 3.86. The van der Waals surface area contributed by atoms with Gasteiger partial charge < -0.3 is 4.90 Å². The van der Waals surface area contributed by atoms with Gasteiger partial charge in [-0.1, -0.05) is 54.6 Å². The molecule has 5 nitrogen and oxygen atoms in total. The fourth-order valence-electron chi connectivity index (χ4n) is 3.39. The average Bonchev–Trinajstić information content (AvgIpc) is 2.70. The second-order valence-electron chi connectivity index (χ2n) is 6.81. The van der Waals surface area contributed by atoms with Gasteiger partial charge in [-0.15, -0.1) is 0 Å². The van der Waals surface area contributed by atoms with Crippen molar-refractivity contribution in [2.45, 2.75) is 32.9 Å². The number of rotatable bonds is 7. The minimum atomic E-state index is -3.45. The lowest BCUT2D eigenvalue weighted by molar-refractivity contribution is -0.131. The van der Waals surface area contributed by atoms with Crippen LogP contribution in [0.15, 0.2) is 54.6 Å². The van der Waals surface area contributed by atoms with Gasteiger partial charge in [-0.3, -0.25) is 4.79 Å². The molecule has 0 aliphatic carbocycles. The van der Waals surface area contributed by atoms with Crippen molar-refractivity contribution in [3.05, 3.63) is 71.3 Å². The second kappa shape index (κ2) is 8.67. The molecule has 0 bridgehead atoms. The molecule has 6 heteroatoms. The first-order valence-corrected chi connectivity index (χ1v) is 11.0. The normalized spacial score (nSPS) is 14.6. The Bertz CT molecular complexity index is 881. The molecule has 0 spiro atoms. The van der Waals surface area contributed by atoms with Crippen LogP contribution in [-0.2, 0) is 34.3 Å². The lowest BCUT2D eigenvalue weighted by Crippen LogP contribution is -2.39. The Kier molecular flexibility index (Phi) is 6.29. The minimum Gasteiger partial charge on any atom is -0.339 e. The molecule has 0 saturated heterocycles. The number of sulfonamides is 1. The van der Waals surface area contributed by atoms with Crippen LogP contribution in [0.1, 0.15) is 30.0 Å². The average molecular weight is 387 g/mol. The SMILES string of the molecule is CCN(Cc1ccccc1)C(=O)CCS(=O)(=O)N1CCc2ccccc2C1. The van der Waals surface area contributed by atoms with Gasteiger partial charge in [0.2, 0.25) is 15.9 Å². The van der Waals surface area contributed by atoms with Gasteiger partial charge in [0.25, 0.3) is 0 Å². The molecule has 0 fully saturated rings. The first-order chi connectivity index (χ1) is 13.0. The summed E-state index contributed by atoms with van der Waals surface area (Å²) in [6, 6.07) is 17.7. The number of hydrogen-bond donors (Lipinski definition) is 0. The zero-order valence-corrected chi connectivity index (χ0v) is 16.5. The Balaban J connectivity index is 1.58. The predicted octanol–water partition coefficient (Wildman–Crippen LogP) is 2.81. The van der Waals surface area contributed by atoms with Crippen LogP contribution in [0.5, 0.6) is 0 Å². The zero-order valence-electron chi connectivity index (χ0n) is 15.7. The number of carbonyl (C=O) groups is 1. The summed E-state index contributed by atoms with van der Waals surface area (Å²) in [4.78, 5) is 14.3. The van der Waals surface area contributed by atoms with Crippen LogP contribution < -0.4 is 0 Å². The van der Waals surface area contributed by atoms with Gasteiger partial charge in [0.15, 0.2) is 0 Å². The second-order valence-corrected chi connectivity index (χ2v) is 8.90. The van der Waals surface area contributed by atoms with Crippen molar-refractivity contribution in [1.29, 1.82) is 0 Å². The van der Waals surface area contributed by atoms with Gasteiger partial charge in [0.05, 0.1) is 5.75 Å². The molecular formula is C21H26N2O3S. The molecule has 1 aliphatic rings. The van der Waals surface area contributed by atoms with Gasteiger partial charge in [-0.05, 0) is 30.0 Å². The fraction of sp³-hybridized carbons (Fsp3) is 0.381. The van der Waals surface area contributed by atoms with E-state index in [1.807, 2.05) is 61.5 Å². The highest BCUT2D eigenvalue weighted by Gasteiger charge is 2.27. The van der Waals surface area contributed by atoms with Crippen molar-refractivity contribution in [2.24, 2.45) is 0 Å². The van der Waals surface area contributed by atoms with Crippen LogP contribution in [0.4, 0.5) is 0 Å². The Hall–Kier alpha value is -2.18. The molecule has 2 aromatic rings. The monoisotopic (exact) mass is 386 g/mol. The highest BCUT2D eigenvalue weighted by atomic mass is 32.2. The van der Waals surface area contributed by atoms with Gasteiger partial charge in [0, 0.05) is 32.6 Å². The molecule has 1 aliphatic heterocycles. The minimum absolute atomic E-state index is 0.0150. The first-order valence-electron chi connectivity index (χ1n) is 9.36. The number of hydrogen-bond acceptors (Lipinski definition) is 3. The summed E-state index contributed by atoms with van der Waals surface area (Å²) < 4.78 is 27.0. The molecule has 2 aromatic carbocycles. The van der Waals surface area contributed by atoms with Crippen molar-refractivity contribution in [3.8, 4) is 0 Å². The molecule has 0 N–H and O–H groups in total. The van der Waals surface area contributed by atoms with Gasteiger partial charge in [-0.2, -0.15) is 4.31 Å². The topological polar surface area (TPSA) is 57.7 Å². The maximum absolute atomic E-state index is 12.7. The van der Waals surface area contributed by atoms with Crippen molar-refractivity contribution in [1.82, 2.24) is 9.21 Å². The molecule has 0 atom stereocenters. The molecule has 3 rings (SSSR count). The van der Waals surface area contributed by atoms with Crippen LogP contribution in [-0.4, -0.2) is 42.4 Å². The quantitative estimate of drug-likeness (QED) is 0.735. The summed E-state index contributed by atoms with van der Waals surface area (Å²) >= 11 is 0. The number of carbonyl (C=O) groups excluding carboxylic acids is 1. The summed E-state index contributed by atoms with van der Waals surface area (Å²) in [5.74, 6) is -0.262. The van der Waals surface area contributed by atoms with E-state index in [9.17, 15) is 13.2 Å². The number of benzene rings is 2. The van der Waals surface area contributed by atoms with E-state index in [-0.39, 0.29) is 18.1 Å². The Morgan fingerprint density at radius 2 is 1.70 bits per heavy atom. The van der Waals surface area contributed by atoms with Crippen molar-refractivity contribution < 1.29 is 13.2 Å². The van der Waals surface area contributed by atoms with E-state index in [0.717, 1.165) is 17.5 Å². The third kappa shape index (κ3) is 4.96. The molecular weight excluding hydrogens is 360 g/mol. The van der Waals surface area contributed by atoms with Crippen LogP contribution in [0.25, 0.3) is 0 Å². The Morgan fingerprint density at radius 1 is 1.04 bits per heavy atom. The van der Waals surface area contributed by atoms with E-state index in [1.165, 1.54) is 9.87 Å². The number of nitrogens with zero attached hydrogens (tertiary/aromatic N) is 2. The van der Waals surface area contributed by atoms with E-state index < -0.39 is 10.0 Å². The molecule has 0 unspecified atom stereocenters. The highest BCUT2D eigenvalue weighted by Crippen LogP contribution is 2.21. The van der Waals surface area contributed by atoms with E-state index in [0.29, 0.717) is 26.2 Å². The van der Waals surface area contributed by atoms with E-state index in [1.54, 1.807) is 4.90 Å². The van der Waals surface area contributed by atoms with Crippen LogP contribution in [0, 0.1) is 0 Å². The van der Waals surface area contributed by atoms with Crippen LogP contribution in [0.3, 0.4) is 0 Å². The largest absolute Gasteiger partial charge is 0.339 e. The van der Waals surface area contributed by atoms with Gasteiger partial charge in [-0.25, -0.2) is 8.42 Å². The lowest BCUT2D eigenvalue weighted by atomic mass is 10.0. The summed E-state index contributed by atoms with van der Waals surface area (Å²) in [7, 11) is -3.45. The third-order valence-corrected chi connectivity index (χ3v) is 6.83. The summed E-state index contributed by atoms with van der Waals surface area (Å²) in [5, 5.41) is 0. The molecule has 144 valence electrons. The summed E-state index contributed by atoms with van der Waals surface area (Å²) in [5.41, 5.74) is 3.31. The zero-order chi connectivity index (χ0) is 19.3. The smallest absolute Gasteiger partial charge is 0.223 e. The van der Waals surface area contributed by atoms with Gasteiger partial charge >= 0.3 is 0 Å². The molecule has 27 heavy (non-hydrogen) atoms. The molecule has 0 saturated carbocycles. The first kappa shape index (κ1) is 19.6. The van der Waals surface area contributed by atoms with Crippen molar-refractivity contribution >= 4 is 15.9 Å². The van der Waals surface area contributed by atoms with Crippen molar-refractivity contribution in [3.63, 3.8) is 0 Å². The van der Waals surface area contributed by atoms with E-state index in [4.69, 9.17) is 0 Å².